The van der Waals surface area contributed by atoms with Crippen molar-refractivity contribution < 1.29 is 4.74 Å². The van der Waals surface area contributed by atoms with E-state index in [9.17, 15) is 0 Å². The molecule has 64 valence electrons. The smallest absolute Gasteiger partial charge is 0.0917 e. The summed E-state index contributed by atoms with van der Waals surface area (Å²) in [6.45, 7) is 8.46. The van der Waals surface area contributed by atoms with Gasteiger partial charge in [-0.15, -0.1) is 6.58 Å². The minimum absolute atomic E-state index is 0.772. The highest BCUT2D eigenvalue weighted by Gasteiger charge is 1.93. The Morgan fingerprint density at radius 1 is 1.55 bits per heavy atom. The van der Waals surface area contributed by atoms with Crippen molar-refractivity contribution >= 4 is 0 Å². The Labute approximate surface area is 69.8 Å². The zero-order chi connectivity index (χ0) is 8.53. The Hall–Kier alpha value is -0.720. The number of hydrogen-bond acceptors (Lipinski definition) is 1. The molecule has 0 spiro atoms. The van der Waals surface area contributed by atoms with E-state index in [1.54, 1.807) is 0 Å². The summed E-state index contributed by atoms with van der Waals surface area (Å²) in [5.74, 6) is 1.11. The van der Waals surface area contributed by atoms with E-state index in [0.717, 1.165) is 31.6 Å². The molecular weight excluding hydrogens is 136 g/mol. The van der Waals surface area contributed by atoms with Crippen LogP contribution in [0.1, 0.15) is 33.1 Å². The predicted octanol–water partition coefficient (Wildman–Crippen LogP) is 3.28. The molecule has 0 atom stereocenters. The zero-order valence-corrected chi connectivity index (χ0v) is 7.60. The minimum Gasteiger partial charge on any atom is -0.499 e. The van der Waals surface area contributed by atoms with Gasteiger partial charge in [0.05, 0.1) is 12.4 Å². The maximum Gasteiger partial charge on any atom is 0.0917 e. The molecule has 0 aliphatic rings. The second-order valence-electron chi connectivity index (χ2n) is 2.37. The predicted molar refractivity (Wildman–Crippen MR) is 49.4 cm³/mol. The van der Waals surface area contributed by atoms with Crippen LogP contribution in [-0.2, 0) is 4.74 Å². The van der Waals surface area contributed by atoms with Crippen molar-refractivity contribution in [3.8, 4) is 0 Å². The molecule has 0 rings (SSSR count). The Morgan fingerprint density at radius 2 is 2.27 bits per heavy atom. The molecule has 0 saturated heterocycles. The number of rotatable bonds is 6. The topological polar surface area (TPSA) is 9.23 Å². The van der Waals surface area contributed by atoms with Crippen LogP contribution in [0.15, 0.2) is 24.5 Å². The Balaban J connectivity index is 3.44. The van der Waals surface area contributed by atoms with Crippen LogP contribution in [0.4, 0.5) is 0 Å². The van der Waals surface area contributed by atoms with Gasteiger partial charge < -0.3 is 4.74 Å². The van der Waals surface area contributed by atoms with E-state index < -0.39 is 0 Å². The van der Waals surface area contributed by atoms with Gasteiger partial charge in [-0.2, -0.15) is 0 Å². The summed E-state index contributed by atoms with van der Waals surface area (Å²) < 4.78 is 5.36. The van der Waals surface area contributed by atoms with Crippen molar-refractivity contribution in [1.82, 2.24) is 0 Å². The number of ether oxygens (including phenoxy) is 1. The molecule has 0 aromatic rings. The molecular formula is C10H18O. The lowest BCUT2D eigenvalue weighted by Crippen LogP contribution is -1.90. The van der Waals surface area contributed by atoms with E-state index in [0.29, 0.717) is 0 Å². The van der Waals surface area contributed by atoms with Gasteiger partial charge in [0, 0.05) is 6.42 Å². The molecule has 11 heavy (non-hydrogen) atoms. The number of unbranched alkanes of at least 4 members (excludes halogenated alkanes) is 1. The molecule has 0 aromatic carbocycles. The molecule has 0 saturated carbocycles. The molecule has 1 heteroatoms. The molecule has 1 nitrogen and oxygen atoms in total. The van der Waals surface area contributed by atoms with Crippen LogP contribution in [-0.4, -0.2) is 6.61 Å². The summed E-state index contributed by atoms with van der Waals surface area (Å²) in [6.07, 6.45) is 7.23. The first kappa shape index (κ1) is 10.3. The second kappa shape index (κ2) is 7.39. The molecule has 0 bridgehead atoms. The van der Waals surface area contributed by atoms with Gasteiger partial charge in [0.15, 0.2) is 0 Å². The molecule has 0 aliphatic carbocycles. The first-order valence-electron chi connectivity index (χ1n) is 4.24. The van der Waals surface area contributed by atoms with Crippen LogP contribution in [0.2, 0.25) is 0 Å². The lowest BCUT2D eigenvalue weighted by molar-refractivity contribution is 0.216. The van der Waals surface area contributed by atoms with Gasteiger partial charge in [0.2, 0.25) is 0 Å². The highest BCUT2D eigenvalue weighted by atomic mass is 16.5. The highest BCUT2D eigenvalue weighted by molar-refractivity contribution is 4.90. The molecule has 0 radical (unpaired) electrons. The van der Waals surface area contributed by atoms with E-state index in [1.807, 2.05) is 26.0 Å². The van der Waals surface area contributed by atoms with Crippen LogP contribution in [0, 0.1) is 0 Å². The maximum absolute atomic E-state index is 5.36. The van der Waals surface area contributed by atoms with Gasteiger partial charge in [-0.1, -0.05) is 6.08 Å². The fraction of sp³-hybridized carbons (Fsp3) is 0.600. The number of hydrogen-bond donors (Lipinski definition) is 0. The van der Waals surface area contributed by atoms with Crippen molar-refractivity contribution in [1.29, 1.82) is 0 Å². The van der Waals surface area contributed by atoms with Gasteiger partial charge in [0.1, 0.15) is 0 Å². The van der Waals surface area contributed by atoms with E-state index in [-0.39, 0.29) is 0 Å². The summed E-state index contributed by atoms with van der Waals surface area (Å²) in [6, 6.07) is 0. The average Bonchev–Trinajstić information content (AvgIpc) is 2.03. The van der Waals surface area contributed by atoms with Crippen LogP contribution in [0.3, 0.4) is 0 Å². The van der Waals surface area contributed by atoms with E-state index in [2.05, 4.69) is 6.58 Å². The second-order valence-corrected chi connectivity index (χ2v) is 2.37. The van der Waals surface area contributed by atoms with Gasteiger partial charge >= 0.3 is 0 Å². The first-order chi connectivity index (χ1) is 5.35. The highest BCUT2D eigenvalue weighted by Crippen LogP contribution is 2.08. The molecule has 0 fully saturated rings. The molecule has 0 N–H and O–H groups in total. The standard InChI is InChI=1S/C10H18O/c1-4-7-8-9-10(5-2)11-6-3/h4-5H,1,6-9H2,2-3H3. The third kappa shape index (κ3) is 5.71. The lowest BCUT2D eigenvalue weighted by atomic mass is 10.2. The SMILES string of the molecule is C=CCCCC(=CC)OCC. The third-order valence-electron chi connectivity index (χ3n) is 1.48. The van der Waals surface area contributed by atoms with Crippen molar-refractivity contribution in [3.05, 3.63) is 24.5 Å². The molecule has 0 unspecified atom stereocenters. The fourth-order valence-corrected chi connectivity index (χ4v) is 0.906. The van der Waals surface area contributed by atoms with Gasteiger partial charge in [0.25, 0.3) is 0 Å². The summed E-state index contributed by atoms with van der Waals surface area (Å²) in [4.78, 5) is 0. The van der Waals surface area contributed by atoms with Crippen molar-refractivity contribution in [2.24, 2.45) is 0 Å². The van der Waals surface area contributed by atoms with Crippen LogP contribution < -0.4 is 0 Å². The number of allylic oxidation sites excluding steroid dienone is 3. The normalized spacial score (nSPS) is 11.3. The summed E-state index contributed by atoms with van der Waals surface area (Å²) in [5, 5.41) is 0. The average molecular weight is 154 g/mol. The summed E-state index contributed by atoms with van der Waals surface area (Å²) >= 11 is 0. The fourth-order valence-electron chi connectivity index (χ4n) is 0.906. The maximum atomic E-state index is 5.36. The monoisotopic (exact) mass is 154 g/mol. The van der Waals surface area contributed by atoms with E-state index in [1.165, 1.54) is 0 Å². The van der Waals surface area contributed by atoms with E-state index in [4.69, 9.17) is 4.74 Å². The van der Waals surface area contributed by atoms with Gasteiger partial charge in [-0.05, 0) is 32.8 Å². The summed E-state index contributed by atoms with van der Waals surface area (Å²) in [7, 11) is 0. The molecule has 0 amide bonds. The Bertz CT molecular complexity index is 125. The van der Waals surface area contributed by atoms with Crippen molar-refractivity contribution in [2.75, 3.05) is 6.61 Å². The largest absolute Gasteiger partial charge is 0.499 e. The Morgan fingerprint density at radius 3 is 2.73 bits per heavy atom. The van der Waals surface area contributed by atoms with E-state index >= 15 is 0 Å². The van der Waals surface area contributed by atoms with Gasteiger partial charge in [-0.3, -0.25) is 0 Å². The van der Waals surface area contributed by atoms with Crippen LogP contribution in [0.5, 0.6) is 0 Å². The van der Waals surface area contributed by atoms with Gasteiger partial charge in [-0.25, -0.2) is 0 Å². The van der Waals surface area contributed by atoms with Crippen molar-refractivity contribution in [3.63, 3.8) is 0 Å². The zero-order valence-electron chi connectivity index (χ0n) is 7.60. The molecule has 0 heterocycles. The molecule has 0 aromatic heterocycles. The summed E-state index contributed by atoms with van der Waals surface area (Å²) in [5.41, 5.74) is 0. The third-order valence-corrected chi connectivity index (χ3v) is 1.48. The lowest BCUT2D eigenvalue weighted by Gasteiger charge is -2.06. The Kier molecular flexibility index (Phi) is 6.90. The van der Waals surface area contributed by atoms with Crippen LogP contribution in [0.25, 0.3) is 0 Å². The van der Waals surface area contributed by atoms with Crippen LogP contribution >= 0.6 is 0 Å². The first-order valence-corrected chi connectivity index (χ1v) is 4.24. The quantitative estimate of drug-likeness (QED) is 0.324. The van der Waals surface area contributed by atoms with Crippen molar-refractivity contribution in [2.45, 2.75) is 33.1 Å². The molecule has 0 aliphatic heterocycles. The minimum atomic E-state index is 0.772.